The Hall–Kier alpha value is -1.93. The number of ether oxygens (including phenoxy) is 1. The molecule has 35 heavy (non-hydrogen) atoms. The first kappa shape index (κ1) is 26.1. The van der Waals surface area contributed by atoms with Gasteiger partial charge in [-0.05, 0) is 44.9 Å². The Labute approximate surface area is 208 Å². The number of aliphatic hydroxyl groups excluding tert-OH is 1. The number of likely N-dealkylation sites (tertiary alicyclic amines) is 1. The number of fused-ring (bicyclic) bond motifs is 1. The second-order valence-electron chi connectivity index (χ2n) is 10.9. The average molecular weight is 491 g/mol. The molecule has 3 aliphatic heterocycles. The van der Waals surface area contributed by atoms with E-state index in [1.807, 2.05) is 11.8 Å². The highest BCUT2D eigenvalue weighted by atomic mass is 16.5. The minimum Gasteiger partial charge on any atom is -0.481 e. The molecular weight excluding hydrogens is 448 g/mol. The van der Waals surface area contributed by atoms with Crippen LogP contribution in [0.4, 0.5) is 0 Å². The van der Waals surface area contributed by atoms with Crippen molar-refractivity contribution in [2.45, 2.75) is 107 Å². The Morgan fingerprint density at radius 3 is 2.51 bits per heavy atom. The SMILES string of the molecule is C=CCN(C(=O)C1N(CCCCCCO)C(=O)[C@@H]2[C@@H](C(=O)O)[C@@]3(CC)CCC12O3)C1CCCCC1. The van der Waals surface area contributed by atoms with Crippen molar-refractivity contribution < 1.29 is 29.3 Å². The molecule has 0 radical (unpaired) electrons. The highest BCUT2D eigenvalue weighted by molar-refractivity contribution is 5.98. The van der Waals surface area contributed by atoms with E-state index in [9.17, 15) is 19.5 Å². The molecule has 5 atom stereocenters. The maximum absolute atomic E-state index is 14.3. The molecule has 1 saturated carbocycles. The van der Waals surface area contributed by atoms with Crippen molar-refractivity contribution in [1.82, 2.24) is 9.80 Å². The molecule has 2 unspecified atom stereocenters. The number of rotatable bonds is 12. The molecule has 0 aromatic heterocycles. The van der Waals surface area contributed by atoms with Crippen LogP contribution in [0.1, 0.15) is 84.0 Å². The van der Waals surface area contributed by atoms with Crippen LogP contribution < -0.4 is 0 Å². The van der Waals surface area contributed by atoms with E-state index in [-0.39, 0.29) is 24.5 Å². The predicted octanol–water partition coefficient (Wildman–Crippen LogP) is 3.13. The Bertz CT molecular complexity index is 826. The summed E-state index contributed by atoms with van der Waals surface area (Å²) in [5.41, 5.74) is -1.96. The molecule has 2 N–H and O–H groups in total. The van der Waals surface area contributed by atoms with Crippen molar-refractivity contribution >= 4 is 17.8 Å². The molecular formula is C27H42N2O6. The van der Waals surface area contributed by atoms with E-state index >= 15 is 0 Å². The molecule has 2 amide bonds. The molecule has 3 heterocycles. The second kappa shape index (κ2) is 10.6. The summed E-state index contributed by atoms with van der Waals surface area (Å²) in [6.07, 6.45) is 11.7. The number of aliphatic carboxylic acids is 1. The number of hydrogen-bond donors (Lipinski definition) is 2. The molecule has 196 valence electrons. The minimum absolute atomic E-state index is 0.110. The van der Waals surface area contributed by atoms with E-state index in [1.54, 1.807) is 11.0 Å². The van der Waals surface area contributed by atoms with E-state index < -0.39 is 35.0 Å². The lowest BCUT2D eigenvalue weighted by Gasteiger charge is -2.41. The first-order valence-electron chi connectivity index (χ1n) is 13.6. The number of unbranched alkanes of at least 4 members (excludes halogenated alkanes) is 3. The number of hydrogen-bond acceptors (Lipinski definition) is 5. The second-order valence-corrected chi connectivity index (χ2v) is 10.9. The Morgan fingerprint density at radius 2 is 1.89 bits per heavy atom. The van der Waals surface area contributed by atoms with Crippen LogP contribution in [0.2, 0.25) is 0 Å². The Balaban J connectivity index is 1.69. The van der Waals surface area contributed by atoms with Crippen LogP contribution in [0.25, 0.3) is 0 Å². The highest BCUT2D eigenvalue weighted by Crippen LogP contribution is 2.64. The lowest BCUT2D eigenvalue weighted by Crippen LogP contribution is -2.58. The number of carboxylic acid groups (broad SMARTS) is 1. The fourth-order valence-corrected chi connectivity index (χ4v) is 7.47. The van der Waals surface area contributed by atoms with Gasteiger partial charge in [0.1, 0.15) is 17.6 Å². The van der Waals surface area contributed by atoms with Crippen LogP contribution in [0.5, 0.6) is 0 Å². The topological polar surface area (TPSA) is 107 Å². The first-order chi connectivity index (χ1) is 16.9. The van der Waals surface area contributed by atoms with Gasteiger partial charge in [-0.2, -0.15) is 0 Å². The van der Waals surface area contributed by atoms with Crippen molar-refractivity contribution in [3.63, 3.8) is 0 Å². The zero-order valence-electron chi connectivity index (χ0n) is 21.1. The van der Waals surface area contributed by atoms with Crippen molar-refractivity contribution in [2.24, 2.45) is 11.8 Å². The van der Waals surface area contributed by atoms with Gasteiger partial charge in [-0.1, -0.05) is 45.1 Å². The minimum atomic E-state index is -1.08. The van der Waals surface area contributed by atoms with E-state index in [0.29, 0.717) is 45.2 Å². The summed E-state index contributed by atoms with van der Waals surface area (Å²) in [6, 6.07) is -0.683. The maximum Gasteiger partial charge on any atom is 0.310 e. The molecule has 1 spiro atoms. The molecule has 4 fully saturated rings. The van der Waals surface area contributed by atoms with Crippen molar-refractivity contribution in [3.05, 3.63) is 12.7 Å². The van der Waals surface area contributed by atoms with E-state index in [4.69, 9.17) is 9.84 Å². The number of carboxylic acids is 1. The van der Waals surface area contributed by atoms with Crippen molar-refractivity contribution in [3.8, 4) is 0 Å². The van der Waals surface area contributed by atoms with Gasteiger partial charge in [0, 0.05) is 25.7 Å². The lowest BCUT2D eigenvalue weighted by molar-refractivity contribution is -0.158. The third kappa shape index (κ3) is 4.31. The number of carbonyl (C=O) groups is 3. The fourth-order valence-electron chi connectivity index (χ4n) is 7.47. The number of carbonyl (C=O) groups excluding carboxylic acids is 2. The molecule has 4 aliphatic rings. The largest absolute Gasteiger partial charge is 0.481 e. The van der Waals surface area contributed by atoms with E-state index in [0.717, 1.165) is 38.5 Å². The van der Waals surface area contributed by atoms with Gasteiger partial charge < -0.3 is 24.7 Å². The van der Waals surface area contributed by atoms with Crippen LogP contribution in [-0.4, -0.2) is 80.8 Å². The summed E-state index contributed by atoms with van der Waals surface area (Å²) >= 11 is 0. The van der Waals surface area contributed by atoms with Gasteiger partial charge in [-0.3, -0.25) is 14.4 Å². The summed E-state index contributed by atoms with van der Waals surface area (Å²) in [4.78, 5) is 44.2. The zero-order valence-corrected chi connectivity index (χ0v) is 21.1. The monoisotopic (exact) mass is 490 g/mol. The van der Waals surface area contributed by atoms with Crippen molar-refractivity contribution in [2.75, 3.05) is 19.7 Å². The van der Waals surface area contributed by atoms with Gasteiger partial charge in [0.2, 0.25) is 11.8 Å². The van der Waals surface area contributed by atoms with Gasteiger partial charge in [-0.15, -0.1) is 6.58 Å². The highest BCUT2D eigenvalue weighted by Gasteiger charge is 2.79. The number of aliphatic hydroxyl groups is 1. The smallest absolute Gasteiger partial charge is 0.310 e. The van der Waals surface area contributed by atoms with Crippen LogP contribution in [0.15, 0.2) is 12.7 Å². The summed E-state index contributed by atoms with van der Waals surface area (Å²) < 4.78 is 6.64. The average Bonchev–Trinajstić information content (AvgIpc) is 3.46. The van der Waals surface area contributed by atoms with Gasteiger partial charge in [0.25, 0.3) is 0 Å². The zero-order chi connectivity index (χ0) is 25.2. The van der Waals surface area contributed by atoms with Crippen molar-refractivity contribution in [1.29, 1.82) is 0 Å². The normalized spacial score (nSPS) is 34.3. The summed E-state index contributed by atoms with van der Waals surface area (Å²) in [5.74, 6) is -3.10. The lowest BCUT2D eigenvalue weighted by atomic mass is 9.65. The maximum atomic E-state index is 14.3. The molecule has 8 heteroatoms. The van der Waals surface area contributed by atoms with Gasteiger partial charge in [0.05, 0.1) is 11.5 Å². The Morgan fingerprint density at radius 1 is 1.17 bits per heavy atom. The van der Waals surface area contributed by atoms with Crippen LogP contribution in [-0.2, 0) is 19.1 Å². The number of nitrogens with zero attached hydrogens (tertiary/aromatic N) is 2. The van der Waals surface area contributed by atoms with Crippen LogP contribution >= 0.6 is 0 Å². The molecule has 3 saturated heterocycles. The van der Waals surface area contributed by atoms with E-state index in [2.05, 4.69) is 6.58 Å². The first-order valence-corrected chi connectivity index (χ1v) is 13.6. The van der Waals surface area contributed by atoms with Gasteiger partial charge in [-0.25, -0.2) is 0 Å². The fraction of sp³-hybridized carbons (Fsp3) is 0.815. The molecule has 2 bridgehead atoms. The molecule has 8 nitrogen and oxygen atoms in total. The Kier molecular flexibility index (Phi) is 7.91. The number of amides is 2. The van der Waals surface area contributed by atoms with Crippen LogP contribution in [0.3, 0.4) is 0 Å². The van der Waals surface area contributed by atoms with Gasteiger partial charge in [0.15, 0.2) is 0 Å². The van der Waals surface area contributed by atoms with Gasteiger partial charge >= 0.3 is 5.97 Å². The molecule has 0 aromatic carbocycles. The quantitative estimate of drug-likeness (QED) is 0.322. The third-order valence-electron chi connectivity index (χ3n) is 9.11. The predicted molar refractivity (Wildman–Crippen MR) is 131 cm³/mol. The molecule has 4 rings (SSSR count). The molecule has 0 aromatic rings. The summed E-state index contributed by atoms with van der Waals surface area (Å²) in [5, 5.41) is 19.3. The summed E-state index contributed by atoms with van der Waals surface area (Å²) in [7, 11) is 0. The van der Waals surface area contributed by atoms with Crippen LogP contribution in [0, 0.1) is 11.8 Å². The van der Waals surface area contributed by atoms with E-state index in [1.165, 1.54) is 6.42 Å². The molecule has 1 aliphatic carbocycles. The third-order valence-corrected chi connectivity index (χ3v) is 9.11. The standard InChI is InChI=1S/C27H42N2O6/c1-3-16-28(19-12-8-7-9-13-19)24(32)22-27-15-14-26(4-2,35-27)21(25(33)34)20(27)23(31)29(22)17-10-5-6-11-18-30/h3,19-22,30H,1,4-18H2,2H3,(H,33,34)/t20-,21-,22?,26+,27?/m0/s1. The summed E-state index contributed by atoms with van der Waals surface area (Å²) in [6.45, 7) is 6.76.